The number of rotatable bonds is 4. The zero-order valence-electron chi connectivity index (χ0n) is 18.2. The minimum absolute atomic E-state index is 0.474. The van der Waals surface area contributed by atoms with E-state index in [0.717, 1.165) is 65.6 Å². The summed E-state index contributed by atoms with van der Waals surface area (Å²) in [7, 11) is 0. The van der Waals surface area contributed by atoms with Gasteiger partial charge in [0.2, 0.25) is 0 Å². The Morgan fingerprint density at radius 3 is 2.88 bits per heavy atom. The summed E-state index contributed by atoms with van der Waals surface area (Å²) in [6, 6.07) is 6.58. The van der Waals surface area contributed by atoms with Crippen molar-refractivity contribution in [3.63, 3.8) is 0 Å². The molecule has 0 radical (unpaired) electrons. The molecule has 0 aromatic carbocycles. The third kappa shape index (κ3) is 3.33. The zero-order chi connectivity index (χ0) is 21.7. The number of likely N-dealkylation sites (tertiary alicyclic amines) is 1. The van der Waals surface area contributed by atoms with E-state index in [9.17, 15) is 0 Å². The smallest absolute Gasteiger partial charge is 0.178 e. The lowest BCUT2D eigenvalue weighted by atomic mass is 9.95. The molecule has 5 heterocycles. The molecule has 4 aromatic heterocycles. The Balaban J connectivity index is 1.26. The number of likely N-dealkylation sites (N-methyl/N-ethyl adjacent to an activating group) is 1. The van der Waals surface area contributed by atoms with Gasteiger partial charge in [-0.3, -0.25) is 14.6 Å². The van der Waals surface area contributed by atoms with Gasteiger partial charge in [-0.25, -0.2) is 0 Å². The predicted octanol–water partition coefficient (Wildman–Crippen LogP) is 3.22. The Bertz CT molecular complexity index is 1370. The molecule has 0 atom stereocenters. The number of hydrogen-bond donors (Lipinski definition) is 0. The number of hydrogen-bond acceptors (Lipinski definition) is 6. The van der Waals surface area contributed by atoms with Crippen LogP contribution in [0.4, 0.5) is 0 Å². The van der Waals surface area contributed by atoms with Crippen LogP contribution in [0.1, 0.15) is 35.7 Å². The maximum Gasteiger partial charge on any atom is 0.178 e. The van der Waals surface area contributed by atoms with Crippen LogP contribution in [-0.2, 0) is 6.42 Å². The van der Waals surface area contributed by atoms with Gasteiger partial charge in [-0.2, -0.15) is 14.7 Å². The van der Waals surface area contributed by atoms with Gasteiger partial charge in [0.05, 0.1) is 23.6 Å². The first-order chi connectivity index (χ1) is 15.7. The molecular formula is C24H24N8. The van der Waals surface area contributed by atoms with Crippen LogP contribution in [0.3, 0.4) is 0 Å². The van der Waals surface area contributed by atoms with Crippen molar-refractivity contribution in [1.82, 2.24) is 39.5 Å². The molecule has 6 rings (SSSR count). The summed E-state index contributed by atoms with van der Waals surface area (Å²) in [4.78, 5) is 7.12. The first-order valence-corrected chi connectivity index (χ1v) is 11.0. The van der Waals surface area contributed by atoms with E-state index in [1.807, 2.05) is 37.5 Å². The quantitative estimate of drug-likeness (QED) is 0.501. The number of fused-ring (bicyclic) bond motifs is 2. The second-order valence-electron chi connectivity index (χ2n) is 8.52. The fourth-order valence-corrected chi connectivity index (χ4v) is 4.34. The summed E-state index contributed by atoms with van der Waals surface area (Å²) in [6.45, 7) is 7.41. The SMILES string of the molecule is CCN1CC(n2cc(-c3cnc4c(c3)CC(=Cc3nnc5ccc(C)nn35)C=C4)cn2)C1. The van der Waals surface area contributed by atoms with Crippen molar-refractivity contribution in [1.29, 1.82) is 0 Å². The van der Waals surface area contributed by atoms with E-state index < -0.39 is 0 Å². The third-order valence-corrected chi connectivity index (χ3v) is 6.28. The predicted molar refractivity (Wildman–Crippen MR) is 123 cm³/mol. The number of aromatic nitrogens is 7. The van der Waals surface area contributed by atoms with Crippen LogP contribution in [0, 0.1) is 6.92 Å². The van der Waals surface area contributed by atoms with Crippen LogP contribution < -0.4 is 0 Å². The number of allylic oxidation sites excluding steroid dienone is 2. The van der Waals surface area contributed by atoms with Crippen LogP contribution in [0.2, 0.25) is 0 Å². The number of pyridine rings is 1. The highest BCUT2D eigenvalue weighted by Crippen LogP contribution is 2.28. The Morgan fingerprint density at radius 1 is 1.09 bits per heavy atom. The molecule has 8 nitrogen and oxygen atoms in total. The fourth-order valence-electron chi connectivity index (χ4n) is 4.34. The van der Waals surface area contributed by atoms with Crippen LogP contribution in [0.15, 0.2) is 48.4 Å². The first-order valence-electron chi connectivity index (χ1n) is 11.0. The molecule has 1 aliphatic carbocycles. The molecule has 0 spiro atoms. The van der Waals surface area contributed by atoms with Crippen molar-refractivity contribution < 1.29 is 0 Å². The van der Waals surface area contributed by atoms with Crippen molar-refractivity contribution in [3.8, 4) is 11.1 Å². The second-order valence-corrected chi connectivity index (χ2v) is 8.52. The summed E-state index contributed by atoms with van der Waals surface area (Å²) in [5.74, 6) is 0.735. The van der Waals surface area contributed by atoms with Gasteiger partial charge in [0.15, 0.2) is 11.5 Å². The van der Waals surface area contributed by atoms with E-state index in [0.29, 0.717) is 6.04 Å². The third-order valence-electron chi connectivity index (χ3n) is 6.28. The minimum atomic E-state index is 0.474. The lowest BCUT2D eigenvalue weighted by molar-refractivity contribution is 0.105. The van der Waals surface area contributed by atoms with Gasteiger partial charge in [-0.1, -0.05) is 13.0 Å². The van der Waals surface area contributed by atoms with Gasteiger partial charge in [-0.05, 0) is 61.4 Å². The van der Waals surface area contributed by atoms with Gasteiger partial charge in [0, 0.05) is 36.6 Å². The molecule has 8 heteroatoms. The molecule has 0 saturated carbocycles. The Hall–Kier alpha value is -3.65. The van der Waals surface area contributed by atoms with Crippen LogP contribution in [0.5, 0.6) is 0 Å². The molecule has 0 bridgehead atoms. The van der Waals surface area contributed by atoms with E-state index in [1.165, 1.54) is 5.56 Å². The van der Waals surface area contributed by atoms with Gasteiger partial charge in [0.1, 0.15) is 0 Å². The number of nitrogens with zero attached hydrogens (tertiary/aromatic N) is 8. The molecule has 0 amide bonds. The molecule has 1 saturated heterocycles. The minimum Gasteiger partial charge on any atom is -0.299 e. The van der Waals surface area contributed by atoms with Gasteiger partial charge >= 0.3 is 0 Å². The molecule has 1 aliphatic heterocycles. The van der Waals surface area contributed by atoms with E-state index in [1.54, 1.807) is 4.52 Å². The standard InChI is InChI=1S/C24H24N8/c1-3-30-14-21(15-30)31-13-20(12-26-31)19-10-18-8-17(5-6-22(18)25-11-19)9-24-28-27-23-7-4-16(2)29-32(23)24/h4-7,9-13,21H,3,8,14-15H2,1-2H3. The van der Waals surface area contributed by atoms with E-state index >= 15 is 0 Å². The van der Waals surface area contributed by atoms with E-state index in [4.69, 9.17) is 4.98 Å². The summed E-state index contributed by atoms with van der Waals surface area (Å²) in [5, 5.41) is 17.7. The average molecular weight is 425 g/mol. The van der Waals surface area contributed by atoms with E-state index in [-0.39, 0.29) is 0 Å². The lowest BCUT2D eigenvalue weighted by Crippen LogP contribution is -2.47. The molecule has 0 N–H and O–H groups in total. The van der Waals surface area contributed by atoms with Crippen molar-refractivity contribution in [2.24, 2.45) is 0 Å². The van der Waals surface area contributed by atoms with E-state index in [2.05, 4.69) is 61.3 Å². The normalized spacial score (nSPS) is 17.8. The molecule has 32 heavy (non-hydrogen) atoms. The Morgan fingerprint density at radius 2 is 2.00 bits per heavy atom. The highest BCUT2D eigenvalue weighted by atomic mass is 15.4. The molecule has 0 unspecified atom stereocenters. The Labute approximate surface area is 185 Å². The van der Waals surface area contributed by atoms with Crippen molar-refractivity contribution in [3.05, 3.63) is 71.2 Å². The van der Waals surface area contributed by atoms with Crippen LogP contribution in [0.25, 0.3) is 28.9 Å². The van der Waals surface area contributed by atoms with Crippen LogP contribution in [-0.4, -0.2) is 59.1 Å². The van der Waals surface area contributed by atoms with Crippen LogP contribution >= 0.6 is 0 Å². The summed E-state index contributed by atoms with van der Waals surface area (Å²) in [6.07, 6.45) is 13.0. The lowest BCUT2D eigenvalue weighted by Gasteiger charge is -2.38. The fraction of sp³-hybridized carbons (Fsp3) is 0.292. The number of aryl methyl sites for hydroxylation is 1. The largest absolute Gasteiger partial charge is 0.299 e. The molecule has 4 aromatic rings. The highest BCUT2D eigenvalue weighted by molar-refractivity contribution is 5.69. The molecule has 1 fully saturated rings. The van der Waals surface area contributed by atoms with Gasteiger partial charge in [-0.15, -0.1) is 10.2 Å². The van der Waals surface area contributed by atoms with Gasteiger partial charge < -0.3 is 0 Å². The maximum atomic E-state index is 4.70. The topological polar surface area (TPSA) is 77.0 Å². The Kier molecular flexibility index (Phi) is 4.46. The molecular weight excluding hydrogens is 400 g/mol. The first kappa shape index (κ1) is 19.1. The van der Waals surface area contributed by atoms with Crippen molar-refractivity contribution in [2.45, 2.75) is 26.3 Å². The van der Waals surface area contributed by atoms with Crippen molar-refractivity contribution in [2.75, 3.05) is 19.6 Å². The summed E-state index contributed by atoms with van der Waals surface area (Å²) in [5.41, 5.74) is 7.25. The maximum absolute atomic E-state index is 4.70. The van der Waals surface area contributed by atoms with Crippen molar-refractivity contribution >= 4 is 17.8 Å². The summed E-state index contributed by atoms with van der Waals surface area (Å²) >= 11 is 0. The van der Waals surface area contributed by atoms with Gasteiger partial charge in [0.25, 0.3) is 0 Å². The molecule has 160 valence electrons. The second kappa shape index (κ2) is 7.49. The monoisotopic (exact) mass is 424 g/mol. The zero-order valence-corrected chi connectivity index (χ0v) is 18.2. The average Bonchev–Trinajstić information content (AvgIpc) is 3.40. The summed E-state index contributed by atoms with van der Waals surface area (Å²) < 4.78 is 3.88. The highest BCUT2D eigenvalue weighted by Gasteiger charge is 2.27. The molecule has 2 aliphatic rings.